The predicted octanol–water partition coefficient (Wildman–Crippen LogP) is 1.63. The van der Waals surface area contributed by atoms with Crippen molar-refractivity contribution in [3.05, 3.63) is 30.1 Å². The Morgan fingerprint density at radius 2 is 2.05 bits per heavy atom. The van der Waals surface area contributed by atoms with E-state index in [0.717, 1.165) is 19.5 Å². The van der Waals surface area contributed by atoms with Crippen molar-refractivity contribution in [3.8, 4) is 0 Å². The summed E-state index contributed by atoms with van der Waals surface area (Å²) in [7, 11) is 4.52. The zero-order valence-electron chi connectivity index (χ0n) is 13.8. The zero-order valence-corrected chi connectivity index (χ0v) is 13.8. The first-order valence-corrected chi connectivity index (χ1v) is 8.21. The Balaban J connectivity index is 2.09. The molecule has 0 saturated carbocycles. The summed E-state index contributed by atoms with van der Waals surface area (Å²) in [5.74, 6) is 0. The van der Waals surface area contributed by atoms with Gasteiger partial charge in [0.05, 0.1) is 0 Å². The van der Waals surface area contributed by atoms with Crippen LogP contribution in [-0.2, 0) is 6.42 Å². The van der Waals surface area contributed by atoms with E-state index in [0.29, 0.717) is 12.1 Å². The number of likely N-dealkylation sites (N-methyl/N-ethyl adjacent to an activating group) is 2. The molecule has 0 aliphatic carbocycles. The molecule has 0 radical (unpaired) electrons. The Hall–Kier alpha value is -0.970. The molecule has 0 bridgehead atoms. The molecular formula is C17H30N4. The topological polar surface area (TPSA) is 31.4 Å². The first-order valence-electron chi connectivity index (χ1n) is 8.21. The highest BCUT2D eigenvalue weighted by molar-refractivity contribution is 5.12. The molecule has 0 spiro atoms. The van der Waals surface area contributed by atoms with E-state index in [2.05, 4.69) is 53.3 Å². The summed E-state index contributed by atoms with van der Waals surface area (Å²) in [5, 5.41) is 3.78. The lowest BCUT2D eigenvalue weighted by Gasteiger charge is -2.35. The Morgan fingerprint density at radius 3 is 2.76 bits per heavy atom. The fourth-order valence-electron chi connectivity index (χ4n) is 3.19. The number of rotatable bonds is 6. The monoisotopic (exact) mass is 290 g/mol. The van der Waals surface area contributed by atoms with Crippen LogP contribution in [0.15, 0.2) is 24.5 Å². The number of hydrogen-bond donors (Lipinski definition) is 1. The highest BCUT2D eigenvalue weighted by Crippen LogP contribution is 2.14. The van der Waals surface area contributed by atoms with E-state index < -0.39 is 0 Å². The van der Waals surface area contributed by atoms with Gasteiger partial charge in [0.15, 0.2) is 0 Å². The van der Waals surface area contributed by atoms with Gasteiger partial charge < -0.3 is 15.1 Å². The van der Waals surface area contributed by atoms with E-state index in [-0.39, 0.29) is 0 Å². The Bertz CT molecular complexity index is 395. The van der Waals surface area contributed by atoms with Crippen molar-refractivity contribution in [3.63, 3.8) is 0 Å². The van der Waals surface area contributed by atoms with Crippen molar-refractivity contribution in [2.75, 3.05) is 40.3 Å². The molecule has 4 nitrogen and oxygen atoms in total. The minimum atomic E-state index is 0.498. The first kappa shape index (κ1) is 16.4. The Labute approximate surface area is 129 Å². The van der Waals surface area contributed by atoms with Crippen LogP contribution in [0.3, 0.4) is 0 Å². The number of aromatic nitrogens is 1. The van der Waals surface area contributed by atoms with Gasteiger partial charge in [-0.2, -0.15) is 0 Å². The molecule has 1 aromatic heterocycles. The number of pyridine rings is 1. The maximum Gasteiger partial charge on any atom is 0.0376 e. The SMILES string of the molecule is CCCNC(Cc1ccncc1)C1CN(C)CCCN1C. The molecule has 2 atom stereocenters. The standard InChI is InChI=1S/C17H30N4/c1-4-8-19-16(13-15-6-9-18-10-7-15)17-14-20(2)11-5-12-21(17)3/h6-7,9-10,16-17,19H,4-5,8,11-14H2,1-3H3. The average Bonchev–Trinajstić information content (AvgIpc) is 2.66. The highest BCUT2D eigenvalue weighted by Gasteiger charge is 2.28. The lowest BCUT2D eigenvalue weighted by molar-refractivity contribution is 0.177. The normalized spacial score (nSPS) is 22.9. The van der Waals surface area contributed by atoms with Gasteiger partial charge in [-0.15, -0.1) is 0 Å². The van der Waals surface area contributed by atoms with Crippen LogP contribution >= 0.6 is 0 Å². The number of hydrogen-bond acceptors (Lipinski definition) is 4. The van der Waals surface area contributed by atoms with Crippen molar-refractivity contribution in [1.82, 2.24) is 20.1 Å². The minimum Gasteiger partial charge on any atom is -0.312 e. The van der Waals surface area contributed by atoms with Crippen molar-refractivity contribution in [2.24, 2.45) is 0 Å². The second kappa shape index (κ2) is 8.47. The predicted molar refractivity (Wildman–Crippen MR) is 88.6 cm³/mol. The third kappa shape index (κ3) is 5.06. The summed E-state index contributed by atoms with van der Waals surface area (Å²) >= 11 is 0. The van der Waals surface area contributed by atoms with E-state index in [1.807, 2.05) is 12.4 Å². The summed E-state index contributed by atoms with van der Waals surface area (Å²) in [6, 6.07) is 5.34. The molecule has 1 aliphatic rings. The fraction of sp³-hybridized carbons (Fsp3) is 0.706. The molecule has 0 amide bonds. The van der Waals surface area contributed by atoms with Gasteiger partial charge in [0.1, 0.15) is 0 Å². The molecule has 2 rings (SSSR count). The lowest BCUT2D eigenvalue weighted by Crippen LogP contribution is -2.53. The molecule has 1 aliphatic heterocycles. The smallest absolute Gasteiger partial charge is 0.0376 e. The molecule has 2 unspecified atom stereocenters. The lowest BCUT2D eigenvalue weighted by atomic mass is 9.98. The highest BCUT2D eigenvalue weighted by atomic mass is 15.2. The second-order valence-corrected chi connectivity index (χ2v) is 6.28. The van der Waals surface area contributed by atoms with E-state index in [4.69, 9.17) is 0 Å². The average molecular weight is 290 g/mol. The van der Waals surface area contributed by atoms with Crippen molar-refractivity contribution in [2.45, 2.75) is 38.3 Å². The maximum atomic E-state index is 4.13. The summed E-state index contributed by atoms with van der Waals surface area (Å²) in [4.78, 5) is 9.14. The Kier molecular flexibility index (Phi) is 6.61. The summed E-state index contributed by atoms with van der Waals surface area (Å²) in [5.41, 5.74) is 1.37. The van der Waals surface area contributed by atoms with Gasteiger partial charge in [-0.1, -0.05) is 6.92 Å². The molecule has 0 aromatic carbocycles. The molecule has 1 fully saturated rings. The third-order valence-electron chi connectivity index (χ3n) is 4.44. The van der Waals surface area contributed by atoms with Crippen LogP contribution in [0.2, 0.25) is 0 Å². The Morgan fingerprint density at radius 1 is 1.29 bits per heavy atom. The van der Waals surface area contributed by atoms with Gasteiger partial charge in [0, 0.05) is 31.0 Å². The van der Waals surface area contributed by atoms with Crippen LogP contribution < -0.4 is 5.32 Å². The van der Waals surface area contributed by atoms with Crippen LogP contribution in [0.4, 0.5) is 0 Å². The molecule has 1 saturated heterocycles. The molecule has 2 heterocycles. The van der Waals surface area contributed by atoms with Crippen LogP contribution in [-0.4, -0.2) is 67.1 Å². The summed E-state index contributed by atoms with van der Waals surface area (Å²) in [6.45, 7) is 6.86. The van der Waals surface area contributed by atoms with Gasteiger partial charge in [0.2, 0.25) is 0 Å². The molecule has 118 valence electrons. The summed E-state index contributed by atoms with van der Waals surface area (Å²) in [6.07, 6.45) is 7.31. The van der Waals surface area contributed by atoms with Gasteiger partial charge in [0.25, 0.3) is 0 Å². The quantitative estimate of drug-likeness (QED) is 0.863. The van der Waals surface area contributed by atoms with Crippen molar-refractivity contribution < 1.29 is 0 Å². The molecular weight excluding hydrogens is 260 g/mol. The fourth-order valence-corrected chi connectivity index (χ4v) is 3.19. The number of nitrogens with one attached hydrogen (secondary N) is 1. The van der Waals surface area contributed by atoms with Crippen molar-refractivity contribution in [1.29, 1.82) is 0 Å². The molecule has 1 N–H and O–H groups in total. The second-order valence-electron chi connectivity index (χ2n) is 6.28. The molecule has 4 heteroatoms. The van der Waals surface area contributed by atoms with Crippen LogP contribution in [0.1, 0.15) is 25.3 Å². The van der Waals surface area contributed by atoms with Crippen molar-refractivity contribution >= 4 is 0 Å². The van der Waals surface area contributed by atoms with E-state index >= 15 is 0 Å². The van der Waals surface area contributed by atoms with E-state index in [1.54, 1.807) is 0 Å². The van der Waals surface area contributed by atoms with Gasteiger partial charge >= 0.3 is 0 Å². The van der Waals surface area contributed by atoms with Crippen LogP contribution in [0.5, 0.6) is 0 Å². The van der Waals surface area contributed by atoms with Crippen LogP contribution in [0, 0.1) is 0 Å². The van der Waals surface area contributed by atoms with Gasteiger partial charge in [-0.3, -0.25) is 4.98 Å². The summed E-state index contributed by atoms with van der Waals surface area (Å²) < 4.78 is 0. The van der Waals surface area contributed by atoms with Gasteiger partial charge in [-0.05, 0) is 70.7 Å². The van der Waals surface area contributed by atoms with Gasteiger partial charge in [-0.25, -0.2) is 0 Å². The molecule has 1 aromatic rings. The number of nitrogens with zero attached hydrogens (tertiary/aromatic N) is 3. The maximum absolute atomic E-state index is 4.13. The largest absolute Gasteiger partial charge is 0.312 e. The zero-order chi connectivity index (χ0) is 15.1. The minimum absolute atomic E-state index is 0.498. The van der Waals surface area contributed by atoms with E-state index in [1.165, 1.54) is 31.5 Å². The van der Waals surface area contributed by atoms with Crippen LogP contribution in [0.25, 0.3) is 0 Å². The molecule has 21 heavy (non-hydrogen) atoms. The first-order chi connectivity index (χ1) is 10.2. The van der Waals surface area contributed by atoms with E-state index in [9.17, 15) is 0 Å². The third-order valence-corrected chi connectivity index (χ3v) is 4.44.